The maximum Gasteiger partial charge on any atom is 0.0704 e. The van der Waals surface area contributed by atoms with Gasteiger partial charge in [0.05, 0.1) is 25.4 Å². The summed E-state index contributed by atoms with van der Waals surface area (Å²) in [6, 6.07) is 0. The molecule has 0 saturated carbocycles. The molecule has 1 saturated heterocycles. The van der Waals surface area contributed by atoms with Crippen molar-refractivity contribution in [3.05, 3.63) is 0 Å². The molecule has 0 aromatic heterocycles. The van der Waals surface area contributed by atoms with Gasteiger partial charge in [0.25, 0.3) is 0 Å². The first-order valence-electron chi connectivity index (χ1n) is 5.65. The van der Waals surface area contributed by atoms with Crippen LogP contribution in [0.1, 0.15) is 12.8 Å². The molecule has 0 aromatic rings. The Hall–Kier alpha value is -0.200. The van der Waals surface area contributed by atoms with Crippen molar-refractivity contribution in [3.8, 4) is 0 Å². The van der Waals surface area contributed by atoms with Crippen molar-refractivity contribution >= 4 is 0 Å². The molecule has 1 rings (SSSR count). The van der Waals surface area contributed by atoms with Gasteiger partial charge in [0.2, 0.25) is 0 Å². The highest BCUT2D eigenvalue weighted by molar-refractivity contribution is 4.76. The van der Waals surface area contributed by atoms with E-state index in [1.165, 1.54) is 0 Å². The van der Waals surface area contributed by atoms with Gasteiger partial charge >= 0.3 is 0 Å². The van der Waals surface area contributed by atoms with Crippen LogP contribution in [-0.2, 0) is 4.74 Å². The summed E-state index contributed by atoms with van der Waals surface area (Å²) in [5.41, 5.74) is 0. The molecular formula is C10H22N2O3. The molecule has 0 amide bonds. The van der Waals surface area contributed by atoms with E-state index in [0.29, 0.717) is 13.1 Å². The molecular weight excluding hydrogens is 196 g/mol. The van der Waals surface area contributed by atoms with Gasteiger partial charge in [0.1, 0.15) is 0 Å². The van der Waals surface area contributed by atoms with Crippen molar-refractivity contribution in [1.29, 1.82) is 0 Å². The number of hydrogen-bond acceptors (Lipinski definition) is 5. The van der Waals surface area contributed by atoms with E-state index in [9.17, 15) is 0 Å². The summed E-state index contributed by atoms with van der Waals surface area (Å²) in [4.78, 5) is 0. The quantitative estimate of drug-likeness (QED) is 0.381. The Kier molecular flexibility index (Phi) is 6.87. The summed E-state index contributed by atoms with van der Waals surface area (Å²) in [6.45, 7) is 3.25. The van der Waals surface area contributed by atoms with Crippen molar-refractivity contribution in [1.82, 2.24) is 10.6 Å². The highest BCUT2D eigenvalue weighted by atomic mass is 16.5. The molecule has 5 heteroatoms. The second-order valence-electron chi connectivity index (χ2n) is 3.81. The summed E-state index contributed by atoms with van der Waals surface area (Å²) >= 11 is 0. The summed E-state index contributed by atoms with van der Waals surface area (Å²) in [7, 11) is 0. The van der Waals surface area contributed by atoms with Gasteiger partial charge in [-0.3, -0.25) is 0 Å². The molecule has 1 fully saturated rings. The van der Waals surface area contributed by atoms with Crippen molar-refractivity contribution in [2.24, 2.45) is 0 Å². The lowest BCUT2D eigenvalue weighted by atomic mass is 10.2. The second-order valence-corrected chi connectivity index (χ2v) is 3.81. The number of rotatable bonds is 8. The van der Waals surface area contributed by atoms with E-state index < -0.39 is 0 Å². The van der Waals surface area contributed by atoms with Crippen molar-refractivity contribution in [2.45, 2.75) is 25.0 Å². The maximum absolute atomic E-state index is 8.60. The summed E-state index contributed by atoms with van der Waals surface area (Å²) < 4.78 is 5.77. The first-order valence-corrected chi connectivity index (χ1v) is 5.65. The van der Waals surface area contributed by atoms with Crippen LogP contribution in [0, 0.1) is 0 Å². The molecule has 5 nitrogen and oxygen atoms in total. The second kappa shape index (κ2) is 8.01. The third kappa shape index (κ3) is 5.44. The van der Waals surface area contributed by atoms with Crippen LogP contribution in [0.15, 0.2) is 0 Å². The zero-order valence-corrected chi connectivity index (χ0v) is 9.11. The third-order valence-corrected chi connectivity index (χ3v) is 2.52. The lowest BCUT2D eigenvalue weighted by Gasteiger charge is -2.14. The lowest BCUT2D eigenvalue weighted by molar-refractivity contribution is 0.0448. The zero-order chi connectivity index (χ0) is 10.9. The van der Waals surface area contributed by atoms with Crippen LogP contribution in [0.3, 0.4) is 0 Å². The summed E-state index contributed by atoms with van der Waals surface area (Å²) in [6.07, 6.45) is 2.70. The maximum atomic E-state index is 8.60. The number of aliphatic hydroxyl groups excluding tert-OH is 2. The Morgan fingerprint density at radius 1 is 0.933 bits per heavy atom. The number of aliphatic hydroxyl groups is 2. The van der Waals surface area contributed by atoms with Crippen molar-refractivity contribution in [2.75, 3.05) is 39.4 Å². The Labute approximate surface area is 90.8 Å². The van der Waals surface area contributed by atoms with Gasteiger partial charge in [-0.2, -0.15) is 0 Å². The van der Waals surface area contributed by atoms with E-state index in [-0.39, 0.29) is 25.4 Å². The van der Waals surface area contributed by atoms with Crippen LogP contribution < -0.4 is 10.6 Å². The predicted molar refractivity (Wildman–Crippen MR) is 57.8 cm³/mol. The van der Waals surface area contributed by atoms with E-state index in [1.807, 2.05) is 0 Å². The molecule has 15 heavy (non-hydrogen) atoms. The van der Waals surface area contributed by atoms with Crippen LogP contribution in [0.25, 0.3) is 0 Å². The predicted octanol–water partition coefficient (Wildman–Crippen LogP) is -1.30. The number of nitrogens with one attached hydrogen (secondary N) is 2. The minimum absolute atomic E-state index is 0.175. The van der Waals surface area contributed by atoms with Crippen LogP contribution >= 0.6 is 0 Å². The fraction of sp³-hybridized carbons (Fsp3) is 1.00. The molecule has 1 aliphatic rings. The molecule has 0 spiro atoms. The molecule has 1 aliphatic heterocycles. The fourth-order valence-corrected chi connectivity index (χ4v) is 1.76. The Balaban J connectivity index is 1.99. The smallest absolute Gasteiger partial charge is 0.0704 e. The average Bonchev–Trinajstić information content (AvgIpc) is 2.67. The average molecular weight is 218 g/mol. The molecule has 90 valence electrons. The zero-order valence-electron chi connectivity index (χ0n) is 9.11. The molecule has 0 aliphatic carbocycles. The first-order chi connectivity index (χ1) is 7.36. The van der Waals surface area contributed by atoms with E-state index >= 15 is 0 Å². The molecule has 0 radical (unpaired) electrons. The summed E-state index contributed by atoms with van der Waals surface area (Å²) in [5.74, 6) is 0. The van der Waals surface area contributed by atoms with Crippen LogP contribution in [0.2, 0.25) is 0 Å². The van der Waals surface area contributed by atoms with Crippen molar-refractivity contribution in [3.63, 3.8) is 0 Å². The van der Waals surface area contributed by atoms with Crippen molar-refractivity contribution < 1.29 is 14.9 Å². The largest absolute Gasteiger partial charge is 0.395 e. The first kappa shape index (κ1) is 12.9. The highest BCUT2D eigenvalue weighted by Gasteiger charge is 2.24. The van der Waals surface area contributed by atoms with Gasteiger partial charge < -0.3 is 25.6 Å². The number of ether oxygens (including phenoxy) is 1. The van der Waals surface area contributed by atoms with Gasteiger partial charge in [-0.05, 0) is 12.8 Å². The molecule has 4 N–H and O–H groups in total. The molecule has 1 heterocycles. The topological polar surface area (TPSA) is 73.8 Å². The minimum atomic E-state index is 0.175. The van der Waals surface area contributed by atoms with Gasteiger partial charge in [-0.15, -0.1) is 0 Å². The van der Waals surface area contributed by atoms with E-state index in [1.54, 1.807) is 0 Å². The fourth-order valence-electron chi connectivity index (χ4n) is 1.76. The van der Waals surface area contributed by atoms with Gasteiger partial charge in [-0.1, -0.05) is 0 Å². The van der Waals surface area contributed by atoms with Crippen LogP contribution in [0.4, 0.5) is 0 Å². The van der Waals surface area contributed by atoms with Crippen LogP contribution in [-0.4, -0.2) is 61.8 Å². The SMILES string of the molecule is OCCNC[C@@H]1CC[C@@H](CNCCO)O1. The Bertz CT molecular complexity index is 142. The highest BCUT2D eigenvalue weighted by Crippen LogP contribution is 2.18. The molecule has 2 atom stereocenters. The van der Waals surface area contributed by atoms with Gasteiger partial charge in [-0.25, -0.2) is 0 Å². The molecule has 0 unspecified atom stereocenters. The number of hydrogen-bond donors (Lipinski definition) is 4. The summed E-state index contributed by atoms with van der Waals surface area (Å²) in [5, 5.41) is 23.5. The minimum Gasteiger partial charge on any atom is -0.395 e. The molecule has 0 bridgehead atoms. The normalized spacial score (nSPS) is 26.0. The monoisotopic (exact) mass is 218 g/mol. The van der Waals surface area contributed by atoms with Gasteiger partial charge in [0, 0.05) is 26.2 Å². The van der Waals surface area contributed by atoms with Gasteiger partial charge in [0.15, 0.2) is 0 Å². The third-order valence-electron chi connectivity index (χ3n) is 2.52. The standard InChI is InChI=1S/C10H22N2O3/c13-5-3-11-7-9-1-2-10(15-9)8-12-4-6-14/h9-14H,1-8H2/t9-,10-/m0/s1. The Morgan fingerprint density at radius 2 is 1.40 bits per heavy atom. The van der Waals surface area contributed by atoms with E-state index in [4.69, 9.17) is 14.9 Å². The van der Waals surface area contributed by atoms with E-state index in [0.717, 1.165) is 25.9 Å². The van der Waals surface area contributed by atoms with Crippen LogP contribution in [0.5, 0.6) is 0 Å². The Morgan fingerprint density at radius 3 is 1.80 bits per heavy atom. The lowest BCUT2D eigenvalue weighted by Crippen LogP contribution is -2.32. The molecule has 0 aromatic carbocycles. The van der Waals surface area contributed by atoms with E-state index in [2.05, 4.69) is 10.6 Å².